The molecule has 2 heterocycles. The molecule has 0 radical (unpaired) electrons. The second kappa shape index (κ2) is 7.47. The maximum Gasteiger partial charge on any atom is 0.242 e. The van der Waals surface area contributed by atoms with Crippen LogP contribution < -0.4 is 5.32 Å². The SMILES string of the molecule is O=C(NCc1ccn[nH]1)C(c1ccccc1)N1CCSCC1. The summed E-state index contributed by atoms with van der Waals surface area (Å²) in [6.07, 6.45) is 1.69. The molecule has 1 saturated heterocycles. The fourth-order valence-corrected chi connectivity index (χ4v) is 3.59. The molecular formula is C16H20N4OS. The molecule has 1 atom stereocenters. The second-order valence-corrected chi connectivity index (χ2v) is 6.49. The summed E-state index contributed by atoms with van der Waals surface area (Å²) < 4.78 is 0. The van der Waals surface area contributed by atoms with Gasteiger partial charge in [0.2, 0.25) is 5.91 Å². The van der Waals surface area contributed by atoms with Crippen LogP contribution in [-0.4, -0.2) is 45.6 Å². The van der Waals surface area contributed by atoms with Crippen LogP contribution in [0.15, 0.2) is 42.6 Å². The van der Waals surface area contributed by atoms with Crippen LogP contribution in [0.4, 0.5) is 0 Å². The summed E-state index contributed by atoms with van der Waals surface area (Å²) in [5, 5.41) is 9.79. The highest BCUT2D eigenvalue weighted by molar-refractivity contribution is 7.99. The van der Waals surface area contributed by atoms with Crippen LogP contribution in [0.1, 0.15) is 17.3 Å². The zero-order valence-electron chi connectivity index (χ0n) is 12.4. The molecule has 2 aromatic rings. The zero-order chi connectivity index (χ0) is 15.2. The summed E-state index contributed by atoms with van der Waals surface area (Å²) in [5.41, 5.74) is 1.96. The van der Waals surface area contributed by atoms with Crippen molar-refractivity contribution in [2.75, 3.05) is 24.6 Å². The van der Waals surface area contributed by atoms with E-state index in [1.165, 1.54) is 0 Å². The number of hydrogen-bond acceptors (Lipinski definition) is 4. The van der Waals surface area contributed by atoms with Crippen LogP contribution in [0.5, 0.6) is 0 Å². The number of aromatic amines is 1. The van der Waals surface area contributed by atoms with Crippen molar-refractivity contribution in [1.82, 2.24) is 20.4 Å². The predicted octanol–water partition coefficient (Wildman–Crippen LogP) is 1.82. The molecule has 0 saturated carbocycles. The van der Waals surface area contributed by atoms with Gasteiger partial charge in [-0.1, -0.05) is 30.3 Å². The number of carbonyl (C=O) groups is 1. The lowest BCUT2D eigenvalue weighted by Gasteiger charge is -2.33. The molecule has 3 rings (SSSR count). The first kappa shape index (κ1) is 15.1. The molecule has 6 heteroatoms. The molecule has 116 valence electrons. The molecule has 22 heavy (non-hydrogen) atoms. The fourth-order valence-electron chi connectivity index (χ4n) is 2.66. The highest BCUT2D eigenvalue weighted by atomic mass is 32.2. The maximum atomic E-state index is 12.7. The van der Waals surface area contributed by atoms with Gasteiger partial charge in [0.1, 0.15) is 6.04 Å². The average Bonchev–Trinajstić information content (AvgIpc) is 3.09. The molecule has 0 spiro atoms. The van der Waals surface area contributed by atoms with Gasteiger partial charge >= 0.3 is 0 Å². The third-order valence-corrected chi connectivity index (χ3v) is 4.73. The molecule has 1 aliphatic heterocycles. The molecule has 0 aliphatic carbocycles. The van der Waals surface area contributed by atoms with E-state index >= 15 is 0 Å². The molecule has 1 fully saturated rings. The summed E-state index contributed by atoms with van der Waals surface area (Å²) in [4.78, 5) is 15.0. The number of thioether (sulfide) groups is 1. The molecule has 1 aromatic carbocycles. The first-order valence-corrected chi connectivity index (χ1v) is 8.63. The third-order valence-electron chi connectivity index (χ3n) is 3.79. The number of amides is 1. The Labute approximate surface area is 134 Å². The molecule has 1 aliphatic rings. The van der Waals surface area contributed by atoms with Crippen LogP contribution in [0.3, 0.4) is 0 Å². The molecule has 1 aromatic heterocycles. The fraction of sp³-hybridized carbons (Fsp3) is 0.375. The number of nitrogens with one attached hydrogen (secondary N) is 2. The second-order valence-electron chi connectivity index (χ2n) is 5.26. The van der Waals surface area contributed by atoms with Gasteiger partial charge in [-0.3, -0.25) is 14.8 Å². The minimum Gasteiger partial charge on any atom is -0.349 e. The van der Waals surface area contributed by atoms with Gasteiger partial charge in [0.15, 0.2) is 0 Å². The normalized spacial score (nSPS) is 17.1. The van der Waals surface area contributed by atoms with E-state index in [2.05, 4.69) is 20.4 Å². The number of carbonyl (C=O) groups excluding carboxylic acids is 1. The number of H-pyrrole nitrogens is 1. The minimum atomic E-state index is -0.218. The van der Waals surface area contributed by atoms with E-state index in [0.717, 1.165) is 35.9 Å². The Morgan fingerprint density at radius 1 is 1.27 bits per heavy atom. The Balaban J connectivity index is 1.73. The molecule has 1 unspecified atom stereocenters. The minimum absolute atomic E-state index is 0.0488. The summed E-state index contributed by atoms with van der Waals surface area (Å²) in [6.45, 7) is 2.37. The largest absolute Gasteiger partial charge is 0.349 e. The molecule has 5 nitrogen and oxygen atoms in total. The summed E-state index contributed by atoms with van der Waals surface area (Å²) >= 11 is 1.95. The van der Waals surface area contributed by atoms with Crippen molar-refractivity contribution in [1.29, 1.82) is 0 Å². The average molecular weight is 316 g/mol. The Kier molecular flexibility index (Phi) is 5.13. The monoisotopic (exact) mass is 316 g/mol. The van der Waals surface area contributed by atoms with Crippen LogP contribution in [-0.2, 0) is 11.3 Å². The third kappa shape index (κ3) is 3.69. The molecular weight excluding hydrogens is 296 g/mol. The van der Waals surface area contributed by atoms with E-state index < -0.39 is 0 Å². The van der Waals surface area contributed by atoms with Gasteiger partial charge in [0.25, 0.3) is 0 Å². The van der Waals surface area contributed by atoms with E-state index in [-0.39, 0.29) is 11.9 Å². The van der Waals surface area contributed by atoms with E-state index in [1.54, 1.807) is 6.20 Å². The van der Waals surface area contributed by atoms with E-state index in [4.69, 9.17) is 0 Å². The van der Waals surface area contributed by atoms with Gasteiger partial charge in [-0.2, -0.15) is 16.9 Å². The maximum absolute atomic E-state index is 12.7. The molecule has 2 N–H and O–H groups in total. The Morgan fingerprint density at radius 3 is 2.73 bits per heavy atom. The summed E-state index contributed by atoms with van der Waals surface area (Å²) in [5.74, 6) is 2.21. The smallest absolute Gasteiger partial charge is 0.242 e. The lowest BCUT2D eigenvalue weighted by Crippen LogP contribution is -2.44. The lowest BCUT2D eigenvalue weighted by molar-refractivity contribution is -0.126. The first-order valence-electron chi connectivity index (χ1n) is 7.47. The van der Waals surface area contributed by atoms with Gasteiger partial charge in [0, 0.05) is 30.8 Å². The van der Waals surface area contributed by atoms with Crippen molar-refractivity contribution < 1.29 is 4.79 Å². The van der Waals surface area contributed by atoms with Gasteiger partial charge in [-0.15, -0.1) is 0 Å². The Bertz CT molecular complexity index is 581. The number of nitrogens with zero attached hydrogens (tertiary/aromatic N) is 2. The van der Waals surface area contributed by atoms with Crippen molar-refractivity contribution in [2.24, 2.45) is 0 Å². The van der Waals surface area contributed by atoms with Crippen LogP contribution in [0.2, 0.25) is 0 Å². The quantitative estimate of drug-likeness (QED) is 0.883. The lowest BCUT2D eigenvalue weighted by atomic mass is 10.0. The number of benzene rings is 1. The topological polar surface area (TPSA) is 61.0 Å². The predicted molar refractivity (Wildman–Crippen MR) is 88.5 cm³/mol. The van der Waals surface area contributed by atoms with Crippen LogP contribution >= 0.6 is 11.8 Å². The van der Waals surface area contributed by atoms with E-state index in [0.29, 0.717) is 6.54 Å². The zero-order valence-corrected chi connectivity index (χ0v) is 13.2. The van der Waals surface area contributed by atoms with Gasteiger partial charge in [-0.05, 0) is 11.6 Å². The molecule has 1 amide bonds. The van der Waals surface area contributed by atoms with Crippen LogP contribution in [0, 0.1) is 0 Å². The highest BCUT2D eigenvalue weighted by Gasteiger charge is 2.28. The van der Waals surface area contributed by atoms with Gasteiger partial charge in [-0.25, -0.2) is 0 Å². The standard InChI is InChI=1S/C16H20N4OS/c21-16(17-12-14-6-7-18-19-14)15(13-4-2-1-3-5-13)20-8-10-22-11-9-20/h1-7,15H,8-12H2,(H,17,21)(H,18,19). The van der Waals surface area contributed by atoms with Crippen molar-refractivity contribution in [3.8, 4) is 0 Å². The number of rotatable bonds is 5. The first-order chi connectivity index (χ1) is 10.8. The number of hydrogen-bond donors (Lipinski definition) is 2. The van der Waals surface area contributed by atoms with Crippen LogP contribution in [0.25, 0.3) is 0 Å². The Hall–Kier alpha value is -1.79. The highest BCUT2D eigenvalue weighted by Crippen LogP contribution is 2.24. The summed E-state index contributed by atoms with van der Waals surface area (Å²) in [6, 6.07) is 11.7. The summed E-state index contributed by atoms with van der Waals surface area (Å²) in [7, 11) is 0. The van der Waals surface area contributed by atoms with Crippen molar-refractivity contribution >= 4 is 17.7 Å². The Morgan fingerprint density at radius 2 is 2.05 bits per heavy atom. The van der Waals surface area contributed by atoms with Gasteiger partial charge in [0.05, 0.1) is 12.2 Å². The van der Waals surface area contributed by atoms with E-state index in [1.807, 2.05) is 48.2 Å². The molecule has 0 bridgehead atoms. The number of aromatic nitrogens is 2. The van der Waals surface area contributed by atoms with E-state index in [9.17, 15) is 4.79 Å². The van der Waals surface area contributed by atoms with Crippen molar-refractivity contribution in [3.63, 3.8) is 0 Å². The van der Waals surface area contributed by atoms with Crippen molar-refractivity contribution in [3.05, 3.63) is 53.9 Å². The van der Waals surface area contributed by atoms with Gasteiger partial charge < -0.3 is 5.32 Å². The van der Waals surface area contributed by atoms with Crippen molar-refractivity contribution in [2.45, 2.75) is 12.6 Å².